The maximum atomic E-state index is 12.9. The van der Waals surface area contributed by atoms with Gasteiger partial charge in [0.15, 0.2) is 0 Å². The van der Waals surface area contributed by atoms with Gasteiger partial charge in [0.2, 0.25) is 0 Å². The predicted octanol–water partition coefficient (Wildman–Crippen LogP) is 3.55. The Bertz CT molecular complexity index is 427. The van der Waals surface area contributed by atoms with Crippen molar-refractivity contribution in [1.82, 2.24) is 0 Å². The van der Waals surface area contributed by atoms with Crippen molar-refractivity contribution in [3.05, 3.63) is 42.0 Å². The lowest BCUT2D eigenvalue weighted by molar-refractivity contribution is -0.139. The van der Waals surface area contributed by atoms with Crippen LogP contribution in [0.2, 0.25) is 0 Å². The molecule has 19 heavy (non-hydrogen) atoms. The van der Waals surface area contributed by atoms with E-state index in [1.807, 2.05) is 0 Å². The zero-order valence-corrected chi connectivity index (χ0v) is 10.8. The number of benzene rings is 1. The molecular formula is C14H18F3NO. The number of alkyl halides is 3. The summed E-state index contributed by atoms with van der Waals surface area (Å²) in [5.74, 6) is -0.150. The first-order chi connectivity index (χ1) is 8.84. The third-order valence-electron chi connectivity index (χ3n) is 2.49. The van der Waals surface area contributed by atoms with Crippen LogP contribution >= 0.6 is 0 Å². The van der Waals surface area contributed by atoms with Crippen LogP contribution in [0.4, 0.5) is 13.2 Å². The maximum absolute atomic E-state index is 12.9. The van der Waals surface area contributed by atoms with Crippen molar-refractivity contribution < 1.29 is 17.9 Å². The summed E-state index contributed by atoms with van der Waals surface area (Å²) in [5.41, 5.74) is 5.40. The molecule has 5 heteroatoms. The molecule has 0 aliphatic carbocycles. The minimum atomic E-state index is -4.43. The highest BCUT2D eigenvalue weighted by molar-refractivity contribution is 5.39. The Morgan fingerprint density at radius 3 is 2.63 bits per heavy atom. The van der Waals surface area contributed by atoms with Gasteiger partial charge in [-0.05, 0) is 37.5 Å². The van der Waals surface area contributed by atoms with Gasteiger partial charge in [0.1, 0.15) is 5.75 Å². The third-order valence-corrected chi connectivity index (χ3v) is 2.49. The van der Waals surface area contributed by atoms with E-state index in [9.17, 15) is 13.2 Å². The molecule has 0 saturated heterocycles. The molecule has 0 spiro atoms. The number of nitrogens with two attached hydrogens (primary N) is 1. The summed E-state index contributed by atoms with van der Waals surface area (Å²) < 4.78 is 44.0. The monoisotopic (exact) mass is 273 g/mol. The second kappa shape index (κ2) is 6.61. The Labute approximate surface area is 111 Å². The molecule has 0 saturated carbocycles. The topological polar surface area (TPSA) is 35.2 Å². The van der Waals surface area contributed by atoms with E-state index in [2.05, 4.69) is 6.58 Å². The van der Waals surface area contributed by atoms with Crippen molar-refractivity contribution in [2.24, 2.45) is 5.73 Å². The van der Waals surface area contributed by atoms with Crippen LogP contribution in [0.3, 0.4) is 0 Å². The Morgan fingerprint density at radius 2 is 2.11 bits per heavy atom. The van der Waals surface area contributed by atoms with Crippen molar-refractivity contribution in [3.63, 3.8) is 0 Å². The molecule has 2 N–H and O–H groups in total. The first-order valence-electron chi connectivity index (χ1n) is 6.04. The summed E-state index contributed by atoms with van der Waals surface area (Å²) in [6, 6.07) is 3.88. The predicted molar refractivity (Wildman–Crippen MR) is 69.1 cm³/mol. The van der Waals surface area contributed by atoms with Crippen LogP contribution in [0.1, 0.15) is 24.5 Å². The fourth-order valence-corrected chi connectivity index (χ4v) is 1.68. The summed E-state index contributed by atoms with van der Waals surface area (Å²) in [6.07, 6.45) is -1.94. The normalized spacial score (nSPS) is 13.1. The van der Waals surface area contributed by atoms with Crippen LogP contribution in [0, 0.1) is 0 Å². The van der Waals surface area contributed by atoms with E-state index in [1.54, 1.807) is 19.1 Å². The summed E-state index contributed by atoms with van der Waals surface area (Å²) in [4.78, 5) is 0. The second-order valence-electron chi connectivity index (χ2n) is 4.44. The van der Waals surface area contributed by atoms with E-state index in [0.717, 1.165) is 6.07 Å². The lowest BCUT2D eigenvalue weighted by atomic mass is 10.0. The molecule has 106 valence electrons. The zero-order valence-electron chi connectivity index (χ0n) is 10.8. The summed E-state index contributed by atoms with van der Waals surface area (Å²) in [5, 5.41) is 0. The van der Waals surface area contributed by atoms with Crippen molar-refractivity contribution in [1.29, 1.82) is 0 Å². The first kappa shape index (κ1) is 15.6. The van der Waals surface area contributed by atoms with Crippen molar-refractivity contribution in [3.8, 4) is 5.75 Å². The fraction of sp³-hybridized carbons (Fsp3) is 0.429. The molecule has 1 rings (SSSR count). The summed E-state index contributed by atoms with van der Waals surface area (Å²) in [6.45, 7) is 5.43. The third kappa shape index (κ3) is 4.95. The molecule has 0 aliphatic heterocycles. The highest BCUT2D eigenvalue weighted by Gasteiger charge is 2.34. The Morgan fingerprint density at radius 1 is 1.42 bits per heavy atom. The van der Waals surface area contributed by atoms with Crippen LogP contribution in [-0.4, -0.2) is 12.6 Å². The van der Waals surface area contributed by atoms with Gasteiger partial charge < -0.3 is 10.5 Å². The lowest BCUT2D eigenvalue weighted by Gasteiger charge is -2.15. The van der Waals surface area contributed by atoms with Gasteiger partial charge in [-0.15, -0.1) is 6.58 Å². The van der Waals surface area contributed by atoms with E-state index in [0.29, 0.717) is 18.4 Å². The molecular weight excluding hydrogens is 255 g/mol. The number of hydrogen-bond acceptors (Lipinski definition) is 2. The lowest BCUT2D eigenvalue weighted by Crippen LogP contribution is -2.18. The second-order valence-corrected chi connectivity index (χ2v) is 4.44. The molecule has 1 atom stereocenters. The maximum Gasteiger partial charge on any atom is 0.419 e. The van der Waals surface area contributed by atoms with Gasteiger partial charge >= 0.3 is 6.18 Å². The Kier molecular flexibility index (Phi) is 5.42. The van der Waals surface area contributed by atoms with Crippen LogP contribution in [0.15, 0.2) is 30.9 Å². The quantitative estimate of drug-likeness (QED) is 0.635. The molecule has 1 unspecified atom stereocenters. The molecule has 2 nitrogen and oxygen atoms in total. The highest BCUT2D eigenvalue weighted by Crippen LogP contribution is 2.37. The Balaban J connectivity index is 2.99. The van der Waals surface area contributed by atoms with Crippen LogP contribution in [0.5, 0.6) is 5.75 Å². The van der Waals surface area contributed by atoms with E-state index < -0.39 is 11.7 Å². The molecule has 1 aromatic carbocycles. The van der Waals surface area contributed by atoms with Gasteiger partial charge in [0.05, 0.1) is 12.2 Å². The van der Waals surface area contributed by atoms with E-state index in [-0.39, 0.29) is 18.4 Å². The van der Waals surface area contributed by atoms with Crippen molar-refractivity contribution in [2.45, 2.75) is 32.0 Å². The first-order valence-corrected chi connectivity index (χ1v) is 6.04. The number of halogens is 3. The SMILES string of the molecule is C=CCCOc1ccc(CC(C)N)cc1C(F)(F)F. The van der Waals surface area contributed by atoms with E-state index >= 15 is 0 Å². The minimum Gasteiger partial charge on any atom is -0.493 e. The fourth-order valence-electron chi connectivity index (χ4n) is 1.68. The van der Waals surface area contributed by atoms with Crippen LogP contribution < -0.4 is 10.5 Å². The number of hydrogen-bond donors (Lipinski definition) is 1. The average molecular weight is 273 g/mol. The molecule has 0 heterocycles. The molecule has 1 aromatic rings. The summed E-state index contributed by atoms with van der Waals surface area (Å²) >= 11 is 0. The molecule has 0 bridgehead atoms. The van der Waals surface area contributed by atoms with Gasteiger partial charge in [0.25, 0.3) is 0 Å². The van der Waals surface area contributed by atoms with Gasteiger partial charge in [-0.3, -0.25) is 0 Å². The minimum absolute atomic E-state index is 0.150. The molecule has 0 radical (unpaired) electrons. The van der Waals surface area contributed by atoms with Gasteiger partial charge in [-0.25, -0.2) is 0 Å². The largest absolute Gasteiger partial charge is 0.493 e. The zero-order chi connectivity index (χ0) is 14.5. The van der Waals surface area contributed by atoms with E-state index in [4.69, 9.17) is 10.5 Å². The van der Waals surface area contributed by atoms with Gasteiger partial charge in [-0.2, -0.15) is 13.2 Å². The standard InChI is InChI=1S/C14H18F3NO/c1-3-4-7-19-13-6-5-11(8-10(2)18)9-12(13)14(15,16)17/h3,5-6,9-10H,1,4,7-8,18H2,2H3. The number of rotatable bonds is 6. The smallest absolute Gasteiger partial charge is 0.419 e. The van der Waals surface area contributed by atoms with Crippen LogP contribution in [0.25, 0.3) is 0 Å². The molecule has 0 aliphatic rings. The van der Waals surface area contributed by atoms with Crippen LogP contribution in [-0.2, 0) is 12.6 Å². The average Bonchev–Trinajstić information content (AvgIpc) is 2.29. The molecule has 0 amide bonds. The molecule has 0 aromatic heterocycles. The van der Waals surface area contributed by atoms with Crippen molar-refractivity contribution in [2.75, 3.05) is 6.61 Å². The molecule has 0 fully saturated rings. The van der Waals surface area contributed by atoms with Gasteiger partial charge in [-0.1, -0.05) is 12.1 Å². The highest BCUT2D eigenvalue weighted by atomic mass is 19.4. The van der Waals surface area contributed by atoms with E-state index in [1.165, 1.54) is 6.07 Å². The van der Waals surface area contributed by atoms with Crippen molar-refractivity contribution >= 4 is 0 Å². The van der Waals surface area contributed by atoms with Gasteiger partial charge in [0, 0.05) is 6.04 Å². The number of ether oxygens (including phenoxy) is 1. The summed E-state index contributed by atoms with van der Waals surface area (Å²) in [7, 11) is 0. The Hall–Kier alpha value is -1.49.